The molecular weight excluding hydrogens is 665 g/mol. The van der Waals surface area contributed by atoms with Gasteiger partial charge in [0.15, 0.2) is 11.5 Å². The Balaban J connectivity index is 1.36. The van der Waals surface area contributed by atoms with Crippen LogP contribution in [-0.2, 0) is 17.9 Å². The maximum Gasteiger partial charge on any atom is 0.293 e. The minimum absolute atomic E-state index is 0.229. The first-order chi connectivity index (χ1) is 17.9. The predicted molar refractivity (Wildman–Crippen MR) is 160 cm³/mol. The summed E-state index contributed by atoms with van der Waals surface area (Å²) in [4.78, 5) is 27.7. The van der Waals surface area contributed by atoms with Crippen molar-refractivity contribution in [3.8, 4) is 11.5 Å². The molecule has 0 spiro atoms. The molecule has 186 valence electrons. The van der Waals surface area contributed by atoms with E-state index in [1.165, 1.54) is 4.90 Å². The molecule has 5 nitrogen and oxygen atoms in total. The number of fused-ring (bicyclic) bond motifs is 1. The molecule has 0 atom stereocenters. The van der Waals surface area contributed by atoms with Gasteiger partial charge < -0.3 is 9.47 Å². The standard InChI is InChI=1S/C29H21BrINO4S/c1-35-25-14-19(13-24(31)27(25)36-17-18-9-11-22(30)12-10-18)15-26-28(33)32(29(34)37-26)16-21-7-4-6-20-5-2-3-8-23(20)21/h2-15H,16-17H2,1H3/b26-15+. The lowest BCUT2D eigenvalue weighted by Gasteiger charge is -2.15. The van der Waals surface area contributed by atoms with Crippen molar-refractivity contribution in [3.05, 3.63) is 109 Å². The molecular formula is C29H21BrINO4S. The predicted octanol–water partition coefficient (Wildman–Crippen LogP) is 8.03. The van der Waals surface area contributed by atoms with E-state index in [0.29, 0.717) is 23.0 Å². The number of nitrogens with zero attached hydrogens (tertiary/aromatic N) is 1. The monoisotopic (exact) mass is 685 g/mol. The number of hydrogen-bond acceptors (Lipinski definition) is 5. The smallest absolute Gasteiger partial charge is 0.293 e. The summed E-state index contributed by atoms with van der Waals surface area (Å²) in [5, 5.41) is 1.83. The summed E-state index contributed by atoms with van der Waals surface area (Å²) < 4.78 is 13.5. The maximum atomic E-state index is 13.2. The molecule has 0 saturated carbocycles. The second-order valence-electron chi connectivity index (χ2n) is 8.36. The zero-order valence-electron chi connectivity index (χ0n) is 19.7. The van der Waals surface area contributed by atoms with Crippen LogP contribution in [-0.4, -0.2) is 23.2 Å². The lowest BCUT2D eigenvalue weighted by molar-refractivity contribution is -0.123. The summed E-state index contributed by atoms with van der Waals surface area (Å²) in [7, 11) is 1.58. The number of ether oxygens (including phenoxy) is 2. The molecule has 5 rings (SSSR count). The van der Waals surface area contributed by atoms with Crippen LogP contribution in [0.4, 0.5) is 4.79 Å². The highest BCUT2D eigenvalue weighted by atomic mass is 127. The Morgan fingerprint density at radius 3 is 2.54 bits per heavy atom. The SMILES string of the molecule is COc1cc(/C=C2/SC(=O)N(Cc3cccc4ccccc34)C2=O)cc(I)c1OCc1ccc(Br)cc1. The van der Waals surface area contributed by atoms with E-state index in [4.69, 9.17) is 9.47 Å². The molecule has 1 fully saturated rings. The summed E-state index contributed by atoms with van der Waals surface area (Å²) >= 11 is 6.59. The first kappa shape index (κ1) is 25.8. The zero-order valence-corrected chi connectivity index (χ0v) is 24.3. The summed E-state index contributed by atoms with van der Waals surface area (Å²) in [6.45, 7) is 0.624. The molecule has 1 saturated heterocycles. The largest absolute Gasteiger partial charge is 0.493 e. The van der Waals surface area contributed by atoms with E-state index in [1.807, 2.05) is 78.9 Å². The first-order valence-electron chi connectivity index (χ1n) is 11.4. The summed E-state index contributed by atoms with van der Waals surface area (Å²) in [5.41, 5.74) is 2.73. The van der Waals surface area contributed by atoms with Crippen molar-refractivity contribution in [1.29, 1.82) is 0 Å². The molecule has 1 aliphatic heterocycles. The number of amides is 2. The van der Waals surface area contributed by atoms with Gasteiger partial charge in [0.05, 0.1) is 22.1 Å². The van der Waals surface area contributed by atoms with E-state index in [9.17, 15) is 9.59 Å². The van der Waals surface area contributed by atoms with E-state index in [-0.39, 0.29) is 17.7 Å². The van der Waals surface area contributed by atoms with Gasteiger partial charge in [-0.15, -0.1) is 0 Å². The molecule has 1 aliphatic rings. The van der Waals surface area contributed by atoms with Crippen LogP contribution in [0.2, 0.25) is 0 Å². The lowest BCUT2D eigenvalue weighted by Crippen LogP contribution is -2.27. The van der Waals surface area contributed by atoms with Crippen LogP contribution in [0.25, 0.3) is 16.8 Å². The number of methoxy groups -OCH3 is 1. The van der Waals surface area contributed by atoms with Crippen molar-refractivity contribution in [1.82, 2.24) is 4.90 Å². The highest BCUT2D eigenvalue weighted by molar-refractivity contribution is 14.1. The van der Waals surface area contributed by atoms with Crippen LogP contribution in [0.15, 0.2) is 88.2 Å². The van der Waals surface area contributed by atoms with E-state index in [2.05, 4.69) is 38.5 Å². The fourth-order valence-corrected chi connectivity index (χ4v) is 5.97. The fourth-order valence-electron chi connectivity index (χ4n) is 4.09. The van der Waals surface area contributed by atoms with Crippen LogP contribution >= 0.6 is 50.3 Å². The topological polar surface area (TPSA) is 55.8 Å². The highest BCUT2D eigenvalue weighted by Gasteiger charge is 2.35. The van der Waals surface area contributed by atoms with Crippen LogP contribution in [0.5, 0.6) is 11.5 Å². The summed E-state index contributed by atoms with van der Waals surface area (Å²) in [5.74, 6) is 0.893. The number of thioether (sulfide) groups is 1. The number of benzene rings is 4. The second kappa shape index (κ2) is 11.3. The van der Waals surface area contributed by atoms with Gasteiger partial charge in [0, 0.05) is 4.47 Å². The van der Waals surface area contributed by atoms with Crippen LogP contribution in [0.1, 0.15) is 16.7 Å². The third-order valence-electron chi connectivity index (χ3n) is 5.93. The van der Waals surface area contributed by atoms with E-state index < -0.39 is 0 Å². The van der Waals surface area contributed by atoms with Crippen LogP contribution in [0.3, 0.4) is 0 Å². The first-order valence-corrected chi connectivity index (χ1v) is 14.1. The van der Waals surface area contributed by atoms with Crippen molar-refractivity contribution < 1.29 is 19.1 Å². The molecule has 4 aromatic carbocycles. The Hall–Kier alpha value is -2.82. The van der Waals surface area contributed by atoms with Gasteiger partial charge >= 0.3 is 0 Å². The number of carbonyl (C=O) groups excluding carboxylic acids is 2. The Morgan fingerprint density at radius 1 is 1.00 bits per heavy atom. The van der Waals surface area contributed by atoms with Gasteiger partial charge in [-0.25, -0.2) is 0 Å². The minimum atomic E-state index is -0.299. The molecule has 4 aromatic rings. The number of hydrogen-bond donors (Lipinski definition) is 0. The average Bonchev–Trinajstić information content (AvgIpc) is 3.16. The van der Waals surface area contributed by atoms with Crippen LogP contribution in [0, 0.1) is 3.57 Å². The third-order valence-corrected chi connectivity index (χ3v) is 8.17. The number of carbonyl (C=O) groups is 2. The van der Waals surface area contributed by atoms with Gasteiger partial charge in [0.1, 0.15) is 6.61 Å². The van der Waals surface area contributed by atoms with Crippen molar-refractivity contribution in [2.75, 3.05) is 7.11 Å². The summed E-state index contributed by atoms with van der Waals surface area (Å²) in [6.07, 6.45) is 1.73. The van der Waals surface area contributed by atoms with Gasteiger partial charge in [-0.3, -0.25) is 14.5 Å². The highest BCUT2D eigenvalue weighted by Crippen LogP contribution is 2.38. The molecule has 0 N–H and O–H groups in total. The molecule has 0 aromatic heterocycles. The quantitative estimate of drug-likeness (QED) is 0.146. The van der Waals surface area contributed by atoms with Crippen molar-refractivity contribution >= 4 is 78.3 Å². The molecule has 37 heavy (non-hydrogen) atoms. The number of imide groups is 1. The molecule has 2 amide bonds. The number of rotatable bonds is 7. The van der Waals surface area contributed by atoms with E-state index in [0.717, 1.165) is 47.3 Å². The van der Waals surface area contributed by atoms with Gasteiger partial charge in [0.25, 0.3) is 11.1 Å². The fraction of sp³-hybridized carbons (Fsp3) is 0.103. The zero-order chi connectivity index (χ0) is 25.9. The second-order valence-corrected chi connectivity index (χ2v) is 11.4. The van der Waals surface area contributed by atoms with Gasteiger partial charge in [0.2, 0.25) is 0 Å². The maximum absolute atomic E-state index is 13.2. The molecule has 1 heterocycles. The molecule has 0 radical (unpaired) electrons. The molecule has 8 heteroatoms. The average molecular weight is 686 g/mol. The van der Waals surface area contributed by atoms with Crippen molar-refractivity contribution in [3.63, 3.8) is 0 Å². The third kappa shape index (κ3) is 5.71. The van der Waals surface area contributed by atoms with Crippen molar-refractivity contribution in [2.24, 2.45) is 0 Å². The normalized spacial score (nSPS) is 14.6. The van der Waals surface area contributed by atoms with Gasteiger partial charge in [-0.05, 0) is 92.2 Å². The Bertz CT molecular complexity index is 1530. The molecule has 0 bridgehead atoms. The molecule has 0 unspecified atom stereocenters. The summed E-state index contributed by atoms with van der Waals surface area (Å²) in [6, 6.07) is 25.5. The van der Waals surface area contributed by atoms with Crippen LogP contribution < -0.4 is 9.47 Å². The Kier molecular flexibility index (Phi) is 7.87. The van der Waals surface area contributed by atoms with E-state index in [1.54, 1.807) is 13.2 Å². The van der Waals surface area contributed by atoms with Crippen molar-refractivity contribution in [2.45, 2.75) is 13.2 Å². The van der Waals surface area contributed by atoms with Gasteiger partial charge in [-0.1, -0.05) is 70.5 Å². The lowest BCUT2D eigenvalue weighted by atomic mass is 10.0. The minimum Gasteiger partial charge on any atom is -0.493 e. The number of halogens is 2. The Labute approximate surface area is 241 Å². The van der Waals surface area contributed by atoms with Gasteiger partial charge in [-0.2, -0.15) is 0 Å². The molecule has 0 aliphatic carbocycles. The van der Waals surface area contributed by atoms with E-state index >= 15 is 0 Å². The Morgan fingerprint density at radius 2 is 1.76 bits per heavy atom.